The number of fused-ring (bicyclic) bond motifs is 1. The molecule has 1 aromatic rings. The summed E-state index contributed by atoms with van der Waals surface area (Å²) in [6.45, 7) is 2.17. The molecule has 0 aromatic heterocycles. The number of carbonyl (C=O) groups excluding carboxylic acids is 2. The van der Waals surface area contributed by atoms with Crippen LogP contribution in [0.3, 0.4) is 0 Å². The molecule has 0 aliphatic carbocycles. The largest absolute Gasteiger partial charge is 0.342 e. The minimum Gasteiger partial charge on any atom is -0.342 e. The van der Waals surface area contributed by atoms with Gasteiger partial charge >= 0.3 is 0 Å². The Labute approximate surface area is 107 Å². The van der Waals surface area contributed by atoms with Gasteiger partial charge in [0.2, 0.25) is 11.8 Å². The van der Waals surface area contributed by atoms with Gasteiger partial charge in [0.05, 0.1) is 0 Å². The number of benzene rings is 1. The van der Waals surface area contributed by atoms with Crippen LogP contribution in [0, 0.1) is 0 Å². The molecular formula is C14H18N2O2. The highest BCUT2D eigenvalue weighted by atomic mass is 16.2. The summed E-state index contributed by atoms with van der Waals surface area (Å²) in [5, 5.41) is 0. The van der Waals surface area contributed by atoms with E-state index in [1.54, 1.807) is 23.8 Å². The van der Waals surface area contributed by atoms with Crippen LogP contribution in [0.2, 0.25) is 0 Å². The van der Waals surface area contributed by atoms with Crippen LogP contribution in [0.25, 0.3) is 0 Å². The summed E-state index contributed by atoms with van der Waals surface area (Å²) in [6.07, 6.45) is 1.35. The molecular weight excluding hydrogens is 228 g/mol. The summed E-state index contributed by atoms with van der Waals surface area (Å²) >= 11 is 0. The highest BCUT2D eigenvalue weighted by Gasteiger charge is 2.20. The highest BCUT2D eigenvalue weighted by molar-refractivity contribution is 5.95. The summed E-state index contributed by atoms with van der Waals surface area (Å²) in [5.74, 6) is 0.219. The Bertz CT molecular complexity index is 497. The molecule has 0 spiro atoms. The number of carbonyl (C=O) groups is 2. The zero-order valence-corrected chi connectivity index (χ0v) is 11.1. The Balaban J connectivity index is 2.23. The van der Waals surface area contributed by atoms with Crippen LogP contribution in [0.5, 0.6) is 0 Å². The van der Waals surface area contributed by atoms with Crippen molar-refractivity contribution < 1.29 is 9.59 Å². The number of anilines is 1. The molecule has 0 bridgehead atoms. The third-order valence-corrected chi connectivity index (χ3v) is 3.44. The number of hydrogen-bond acceptors (Lipinski definition) is 2. The molecule has 0 radical (unpaired) electrons. The fourth-order valence-corrected chi connectivity index (χ4v) is 2.19. The smallest absolute Gasteiger partial charge is 0.227 e. The lowest BCUT2D eigenvalue weighted by molar-refractivity contribution is -0.128. The molecule has 0 atom stereocenters. The lowest BCUT2D eigenvalue weighted by Crippen LogP contribution is -2.31. The molecule has 1 aliphatic rings. The van der Waals surface area contributed by atoms with Crippen LogP contribution in [0.15, 0.2) is 18.2 Å². The normalized spacial score (nSPS) is 14.4. The first-order valence-electron chi connectivity index (χ1n) is 6.09. The molecule has 1 heterocycles. The Hall–Kier alpha value is -1.84. The van der Waals surface area contributed by atoms with E-state index in [4.69, 9.17) is 0 Å². The molecule has 0 saturated carbocycles. The van der Waals surface area contributed by atoms with Gasteiger partial charge in [-0.2, -0.15) is 0 Å². The van der Waals surface area contributed by atoms with Gasteiger partial charge in [0.15, 0.2) is 0 Å². The van der Waals surface area contributed by atoms with Crippen molar-refractivity contribution in [3.8, 4) is 0 Å². The fraction of sp³-hybridized carbons (Fsp3) is 0.429. The molecule has 0 N–H and O–H groups in total. The van der Waals surface area contributed by atoms with E-state index in [0.29, 0.717) is 13.0 Å². The maximum Gasteiger partial charge on any atom is 0.227 e. The van der Waals surface area contributed by atoms with Gasteiger partial charge in [-0.3, -0.25) is 9.59 Å². The zero-order chi connectivity index (χ0) is 13.3. The minimum atomic E-state index is 0.0556. The van der Waals surface area contributed by atoms with E-state index in [0.717, 1.165) is 17.7 Å². The molecule has 96 valence electrons. The summed E-state index contributed by atoms with van der Waals surface area (Å²) in [7, 11) is 3.60. The van der Waals surface area contributed by atoms with Gasteiger partial charge in [-0.25, -0.2) is 0 Å². The molecule has 1 aliphatic heterocycles. The van der Waals surface area contributed by atoms with Gasteiger partial charge in [-0.05, 0) is 23.6 Å². The van der Waals surface area contributed by atoms with Gasteiger partial charge in [-0.15, -0.1) is 0 Å². The van der Waals surface area contributed by atoms with Crippen LogP contribution < -0.4 is 4.90 Å². The number of hydrogen-bond donors (Lipinski definition) is 0. The number of rotatable bonds is 2. The molecule has 2 rings (SSSR count). The first-order chi connectivity index (χ1) is 8.49. The van der Waals surface area contributed by atoms with Crippen molar-refractivity contribution in [1.29, 1.82) is 0 Å². The number of amides is 2. The molecule has 4 nitrogen and oxygen atoms in total. The molecule has 0 unspecified atom stereocenters. The molecule has 4 heteroatoms. The Morgan fingerprint density at radius 1 is 1.39 bits per heavy atom. The Morgan fingerprint density at radius 3 is 2.78 bits per heavy atom. The van der Waals surface area contributed by atoms with E-state index in [-0.39, 0.29) is 11.8 Å². The Morgan fingerprint density at radius 2 is 2.11 bits per heavy atom. The van der Waals surface area contributed by atoms with Crippen molar-refractivity contribution in [3.05, 3.63) is 29.3 Å². The monoisotopic (exact) mass is 246 g/mol. The standard InChI is InChI=1S/C14H18N2O2/c1-10(17)15(2)9-11-4-6-13-12(8-11)5-7-14(18)16(13)3/h4,6,8H,5,7,9H2,1-3H3. The van der Waals surface area contributed by atoms with Gasteiger partial charge in [-0.1, -0.05) is 12.1 Å². The molecule has 0 fully saturated rings. The lowest BCUT2D eigenvalue weighted by Gasteiger charge is -2.26. The van der Waals surface area contributed by atoms with Crippen molar-refractivity contribution in [2.75, 3.05) is 19.0 Å². The maximum absolute atomic E-state index is 11.6. The molecule has 1 aromatic carbocycles. The second kappa shape index (κ2) is 4.80. The fourth-order valence-electron chi connectivity index (χ4n) is 2.19. The van der Waals surface area contributed by atoms with Crippen molar-refractivity contribution in [3.63, 3.8) is 0 Å². The SMILES string of the molecule is CC(=O)N(C)Cc1ccc2c(c1)CCC(=O)N2C. The predicted octanol–water partition coefficient (Wildman–Crippen LogP) is 1.57. The van der Waals surface area contributed by atoms with Gasteiger partial charge < -0.3 is 9.80 Å². The number of nitrogens with zero attached hydrogens (tertiary/aromatic N) is 2. The molecule has 18 heavy (non-hydrogen) atoms. The summed E-state index contributed by atoms with van der Waals surface area (Å²) in [6, 6.07) is 6.04. The second-order valence-electron chi connectivity index (χ2n) is 4.79. The topological polar surface area (TPSA) is 40.6 Å². The zero-order valence-electron chi connectivity index (χ0n) is 11.1. The van der Waals surface area contributed by atoms with E-state index in [9.17, 15) is 9.59 Å². The molecule has 2 amide bonds. The van der Waals surface area contributed by atoms with Gasteiger partial charge in [0, 0.05) is 39.7 Å². The van der Waals surface area contributed by atoms with Crippen molar-refractivity contribution in [1.82, 2.24) is 4.90 Å². The number of aryl methyl sites for hydroxylation is 1. The average Bonchev–Trinajstić information content (AvgIpc) is 2.34. The van der Waals surface area contributed by atoms with Crippen molar-refractivity contribution in [2.24, 2.45) is 0 Å². The quantitative estimate of drug-likeness (QED) is 0.794. The maximum atomic E-state index is 11.6. The van der Waals surface area contributed by atoms with E-state index >= 15 is 0 Å². The van der Waals surface area contributed by atoms with Crippen LogP contribution in [-0.2, 0) is 22.6 Å². The van der Waals surface area contributed by atoms with Crippen molar-refractivity contribution in [2.45, 2.75) is 26.3 Å². The van der Waals surface area contributed by atoms with E-state index < -0.39 is 0 Å². The van der Waals surface area contributed by atoms with E-state index in [2.05, 4.69) is 6.07 Å². The van der Waals surface area contributed by atoms with Crippen LogP contribution in [0.1, 0.15) is 24.5 Å². The Kier molecular flexibility index (Phi) is 3.36. The van der Waals surface area contributed by atoms with Gasteiger partial charge in [0.25, 0.3) is 0 Å². The summed E-state index contributed by atoms with van der Waals surface area (Å²) in [5.41, 5.74) is 3.28. The minimum absolute atomic E-state index is 0.0556. The average molecular weight is 246 g/mol. The first-order valence-corrected chi connectivity index (χ1v) is 6.09. The highest BCUT2D eigenvalue weighted by Crippen LogP contribution is 2.27. The van der Waals surface area contributed by atoms with E-state index in [1.165, 1.54) is 5.56 Å². The third kappa shape index (κ3) is 2.37. The summed E-state index contributed by atoms with van der Waals surface area (Å²) < 4.78 is 0. The molecule has 0 saturated heterocycles. The first kappa shape index (κ1) is 12.6. The van der Waals surface area contributed by atoms with Crippen LogP contribution in [0.4, 0.5) is 5.69 Å². The van der Waals surface area contributed by atoms with Crippen LogP contribution >= 0.6 is 0 Å². The van der Waals surface area contributed by atoms with Crippen LogP contribution in [-0.4, -0.2) is 30.8 Å². The van der Waals surface area contributed by atoms with E-state index in [1.807, 2.05) is 19.2 Å². The van der Waals surface area contributed by atoms with Crippen molar-refractivity contribution >= 4 is 17.5 Å². The summed E-state index contributed by atoms with van der Waals surface area (Å²) in [4.78, 5) is 26.2. The second-order valence-corrected chi connectivity index (χ2v) is 4.79. The van der Waals surface area contributed by atoms with Gasteiger partial charge in [0.1, 0.15) is 0 Å². The predicted molar refractivity (Wildman–Crippen MR) is 70.3 cm³/mol. The third-order valence-electron chi connectivity index (χ3n) is 3.44. The lowest BCUT2D eigenvalue weighted by atomic mass is 9.99.